The molecule has 0 aromatic rings. The van der Waals surface area contributed by atoms with Crippen LogP contribution in [0.15, 0.2) is 0 Å². The van der Waals surface area contributed by atoms with E-state index in [1.54, 1.807) is 7.11 Å². The van der Waals surface area contributed by atoms with Gasteiger partial charge >= 0.3 is 6.03 Å². The summed E-state index contributed by atoms with van der Waals surface area (Å²) in [6.07, 6.45) is 4.82. The molecule has 0 aromatic carbocycles. The van der Waals surface area contributed by atoms with Crippen LogP contribution >= 0.6 is 0 Å². The zero-order valence-electron chi connectivity index (χ0n) is 11.7. The summed E-state index contributed by atoms with van der Waals surface area (Å²) in [5, 5.41) is 15.0. The van der Waals surface area contributed by atoms with E-state index in [0.717, 1.165) is 32.1 Å². The molecule has 0 spiro atoms. The quantitative estimate of drug-likeness (QED) is 0.646. The normalized spacial score (nSPS) is 20.7. The Morgan fingerprint density at radius 3 is 2.56 bits per heavy atom. The van der Waals surface area contributed by atoms with Crippen molar-refractivity contribution >= 4 is 6.03 Å². The van der Waals surface area contributed by atoms with Gasteiger partial charge in [0.15, 0.2) is 0 Å². The third-order valence-electron chi connectivity index (χ3n) is 3.83. The summed E-state index contributed by atoms with van der Waals surface area (Å²) < 4.78 is 5.44. The van der Waals surface area contributed by atoms with Gasteiger partial charge in [0, 0.05) is 13.7 Å². The van der Waals surface area contributed by atoms with Crippen LogP contribution in [0.2, 0.25) is 0 Å². The average Bonchev–Trinajstić information content (AvgIpc) is 2.28. The molecule has 0 radical (unpaired) electrons. The molecule has 5 heteroatoms. The monoisotopic (exact) mass is 258 g/mol. The molecule has 1 rings (SSSR count). The molecule has 1 fully saturated rings. The number of aliphatic hydroxyl groups is 1. The van der Waals surface area contributed by atoms with Crippen LogP contribution in [-0.2, 0) is 4.74 Å². The summed E-state index contributed by atoms with van der Waals surface area (Å²) >= 11 is 0. The summed E-state index contributed by atoms with van der Waals surface area (Å²) in [4.78, 5) is 11.8. The van der Waals surface area contributed by atoms with Gasteiger partial charge in [-0.05, 0) is 32.6 Å². The van der Waals surface area contributed by atoms with Crippen LogP contribution in [0.4, 0.5) is 4.79 Å². The van der Waals surface area contributed by atoms with E-state index in [-0.39, 0.29) is 18.2 Å². The Morgan fingerprint density at radius 2 is 2.17 bits per heavy atom. The van der Waals surface area contributed by atoms with E-state index in [9.17, 15) is 9.90 Å². The SMILES string of the molecule is CCCC(C)(CO)NC(=O)NCC1(OC)CCC1. The molecule has 0 heterocycles. The lowest BCUT2D eigenvalue weighted by Crippen LogP contribution is -2.56. The van der Waals surface area contributed by atoms with Gasteiger partial charge in [-0.15, -0.1) is 0 Å². The summed E-state index contributed by atoms with van der Waals surface area (Å²) in [5.41, 5.74) is -0.712. The maximum Gasteiger partial charge on any atom is 0.315 e. The van der Waals surface area contributed by atoms with E-state index in [2.05, 4.69) is 10.6 Å². The summed E-state index contributed by atoms with van der Waals surface area (Å²) in [6.45, 7) is 4.36. The highest BCUT2D eigenvalue weighted by Gasteiger charge is 2.37. The van der Waals surface area contributed by atoms with Crippen molar-refractivity contribution in [2.75, 3.05) is 20.3 Å². The van der Waals surface area contributed by atoms with Crippen LogP contribution in [-0.4, -0.2) is 42.5 Å². The number of methoxy groups -OCH3 is 1. The second-order valence-electron chi connectivity index (χ2n) is 5.52. The Morgan fingerprint density at radius 1 is 1.50 bits per heavy atom. The predicted octanol–water partition coefficient (Wildman–Crippen LogP) is 1.41. The molecule has 106 valence electrons. The third-order valence-corrected chi connectivity index (χ3v) is 3.83. The molecule has 1 aliphatic carbocycles. The number of carbonyl (C=O) groups excluding carboxylic acids is 1. The molecule has 0 aliphatic heterocycles. The van der Waals surface area contributed by atoms with Crippen LogP contribution in [0.25, 0.3) is 0 Å². The van der Waals surface area contributed by atoms with Crippen molar-refractivity contribution in [3.05, 3.63) is 0 Å². The summed E-state index contributed by atoms with van der Waals surface area (Å²) in [5.74, 6) is 0. The predicted molar refractivity (Wildman–Crippen MR) is 70.5 cm³/mol. The van der Waals surface area contributed by atoms with Crippen LogP contribution in [0.5, 0.6) is 0 Å². The van der Waals surface area contributed by atoms with Crippen molar-refractivity contribution in [2.24, 2.45) is 0 Å². The Kier molecular flexibility index (Phi) is 5.41. The first-order chi connectivity index (χ1) is 8.49. The molecule has 0 bridgehead atoms. The Bertz CT molecular complexity index is 274. The fraction of sp³-hybridized carbons (Fsp3) is 0.923. The summed E-state index contributed by atoms with van der Waals surface area (Å²) in [7, 11) is 1.69. The highest BCUT2D eigenvalue weighted by molar-refractivity contribution is 5.74. The maximum absolute atomic E-state index is 11.8. The summed E-state index contributed by atoms with van der Waals surface area (Å²) in [6, 6.07) is -0.233. The molecular formula is C13H26N2O3. The van der Waals surface area contributed by atoms with Gasteiger partial charge in [0.2, 0.25) is 0 Å². The van der Waals surface area contributed by atoms with Gasteiger partial charge < -0.3 is 20.5 Å². The number of amides is 2. The van der Waals surface area contributed by atoms with Crippen LogP contribution < -0.4 is 10.6 Å². The standard InChI is InChI=1S/C13H26N2O3/c1-4-6-12(2,10-16)15-11(17)14-9-13(18-3)7-5-8-13/h16H,4-10H2,1-3H3,(H2,14,15,17). The lowest BCUT2D eigenvalue weighted by atomic mass is 9.80. The highest BCUT2D eigenvalue weighted by atomic mass is 16.5. The van der Waals surface area contributed by atoms with Crippen molar-refractivity contribution in [3.8, 4) is 0 Å². The van der Waals surface area contributed by atoms with Crippen LogP contribution in [0, 0.1) is 0 Å². The second kappa shape index (κ2) is 6.38. The number of ether oxygens (including phenoxy) is 1. The van der Waals surface area contributed by atoms with Gasteiger partial charge in [0.1, 0.15) is 0 Å². The van der Waals surface area contributed by atoms with E-state index >= 15 is 0 Å². The van der Waals surface area contributed by atoms with Crippen molar-refractivity contribution < 1.29 is 14.6 Å². The number of hydrogen-bond acceptors (Lipinski definition) is 3. The number of rotatable bonds is 7. The smallest absolute Gasteiger partial charge is 0.315 e. The maximum atomic E-state index is 11.8. The molecule has 2 amide bonds. The minimum absolute atomic E-state index is 0.0519. The van der Waals surface area contributed by atoms with E-state index in [4.69, 9.17) is 4.74 Å². The van der Waals surface area contributed by atoms with Gasteiger partial charge in [-0.1, -0.05) is 13.3 Å². The zero-order valence-corrected chi connectivity index (χ0v) is 11.7. The fourth-order valence-corrected chi connectivity index (χ4v) is 2.32. The van der Waals surface area contributed by atoms with Crippen LogP contribution in [0.3, 0.4) is 0 Å². The van der Waals surface area contributed by atoms with Gasteiger partial charge in [0.25, 0.3) is 0 Å². The van der Waals surface area contributed by atoms with E-state index in [1.807, 2.05) is 13.8 Å². The molecule has 3 N–H and O–H groups in total. The average molecular weight is 258 g/mol. The van der Waals surface area contributed by atoms with E-state index < -0.39 is 5.54 Å². The highest BCUT2D eigenvalue weighted by Crippen LogP contribution is 2.34. The molecule has 1 aliphatic rings. The molecule has 0 aromatic heterocycles. The van der Waals surface area contributed by atoms with Crippen molar-refractivity contribution in [1.82, 2.24) is 10.6 Å². The number of carbonyl (C=O) groups is 1. The van der Waals surface area contributed by atoms with Crippen molar-refractivity contribution in [1.29, 1.82) is 0 Å². The number of hydrogen-bond donors (Lipinski definition) is 3. The van der Waals surface area contributed by atoms with E-state index in [1.165, 1.54) is 0 Å². The van der Waals surface area contributed by atoms with Gasteiger partial charge in [0.05, 0.1) is 17.7 Å². The van der Waals surface area contributed by atoms with Gasteiger partial charge in [-0.2, -0.15) is 0 Å². The minimum atomic E-state index is -0.543. The Labute approximate surface area is 109 Å². The first-order valence-electron chi connectivity index (χ1n) is 6.71. The molecule has 1 saturated carbocycles. The second-order valence-corrected chi connectivity index (χ2v) is 5.52. The lowest BCUT2D eigenvalue weighted by Gasteiger charge is -2.40. The van der Waals surface area contributed by atoms with Gasteiger partial charge in [-0.3, -0.25) is 0 Å². The Hall–Kier alpha value is -0.810. The largest absolute Gasteiger partial charge is 0.394 e. The first-order valence-corrected chi connectivity index (χ1v) is 6.71. The van der Waals surface area contributed by atoms with Crippen LogP contribution in [0.1, 0.15) is 46.0 Å². The zero-order chi connectivity index (χ0) is 13.6. The topological polar surface area (TPSA) is 70.6 Å². The van der Waals surface area contributed by atoms with E-state index in [0.29, 0.717) is 6.54 Å². The van der Waals surface area contributed by atoms with Gasteiger partial charge in [-0.25, -0.2) is 4.79 Å². The Balaban J connectivity index is 2.36. The number of urea groups is 1. The first kappa shape index (κ1) is 15.2. The molecule has 18 heavy (non-hydrogen) atoms. The molecular weight excluding hydrogens is 232 g/mol. The molecule has 0 saturated heterocycles. The fourth-order valence-electron chi connectivity index (χ4n) is 2.32. The van der Waals surface area contributed by atoms with Crippen molar-refractivity contribution in [2.45, 2.75) is 57.1 Å². The van der Waals surface area contributed by atoms with Crippen molar-refractivity contribution in [3.63, 3.8) is 0 Å². The minimum Gasteiger partial charge on any atom is -0.394 e. The lowest BCUT2D eigenvalue weighted by molar-refractivity contribution is -0.0675. The number of nitrogens with one attached hydrogen (secondary N) is 2. The third kappa shape index (κ3) is 3.85. The molecule has 1 atom stereocenters. The number of aliphatic hydroxyl groups excluding tert-OH is 1. The molecule has 1 unspecified atom stereocenters. The molecule has 5 nitrogen and oxygen atoms in total.